The Kier molecular flexibility index (Phi) is 4.05. The minimum Gasteiger partial charge on any atom is -0.459 e. The van der Waals surface area contributed by atoms with E-state index in [1.807, 2.05) is 53.3 Å². The van der Waals surface area contributed by atoms with E-state index in [0.717, 1.165) is 46.2 Å². The van der Waals surface area contributed by atoms with Crippen LogP contribution in [0.5, 0.6) is 0 Å². The number of furan rings is 1. The summed E-state index contributed by atoms with van der Waals surface area (Å²) in [5.74, 6) is 1.64. The van der Waals surface area contributed by atoms with Gasteiger partial charge in [0.1, 0.15) is 5.76 Å². The van der Waals surface area contributed by atoms with Gasteiger partial charge in [0.05, 0.1) is 23.3 Å². The number of thiazole rings is 1. The lowest BCUT2D eigenvalue weighted by molar-refractivity contribution is 0.547. The maximum atomic E-state index is 12.8. The molecule has 0 N–H and O–H groups in total. The fourth-order valence-corrected chi connectivity index (χ4v) is 3.84. The molecule has 0 fully saturated rings. The van der Waals surface area contributed by atoms with E-state index in [2.05, 4.69) is 11.9 Å². The van der Waals surface area contributed by atoms with Crippen molar-refractivity contribution in [3.8, 4) is 10.8 Å². The van der Waals surface area contributed by atoms with Crippen molar-refractivity contribution in [1.82, 2.24) is 14.1 Å². The molecule has 1 aromatic carbocycles. The number of benzene rings is 1. The Morgan fingerprint density at radius 1 is 1.12 bits per heavy atom. The molecule has 0 amide bonds. The summed E-state index contributed by atoms with van der Waals surface area (Å²) in [4.78, 5) is 17.5. The highest BCUT2D eigenvalue weighted by Gasteiger charge is 2.14. The van der Waals surface area contributed by atoms with Crippen LogP contribution in [-0.2, 0) is 13.1 Å². The van der Waals surface area contributed by atoms with Gasteiger partial charge in [-0.3, -0.25) is 9.13 Å². The third-order valence-corrected chi connectivity index (χ3v) is 5.10. The molecule has 3 heterocycles. The highest BCUT2D eigenvalue weighted by Crippen LogP contribution is 2.26. The van der Waals surface area contributed by atoms with Crippen molar-refractivity contribution in [3.63, 3.8) is 0 Å². The van der Waals surface area contributed by atoms with Crippen LogP contribution in [-0.4, -0.2) is 14.1 Å². The number of aromatic nitrogens is 3. The van der Waals surface area contributed by atoms with Gasteiger partial charge in [-0.2, -0.15) is 0 Å². The molecule has 6 heteroatoms. The van der Waals surface area contributed by atoms with Crippen molar-refractivity contribution in [1.29, 1.82) is 0 Å². The average molecular weight is 353 g/mol. The van der Waals surface area contributed by atoms with Gasteiger partial charge in [0.2, 0.25) is 0 Å². The largest absolute Gasteiger partial charge is 0.459 e. The molecule has 0 saturated heterocycles. The molecule has 0 aliphatic rings. The average Bonchev–Trinajstić information content (AvgIpc) is 3.31. The zero-order chi connectivity index (χ0) is 17.4. The molecule has 0 aliphatic heterocycles. The van der Waals surface area contributed by atoms with Gasteiger partial charge in [-0.25, -0.2) is 9.78 Å². The third-order valence-electron chi connectivity index (χ3n) is 4.20. The first-order valence-electron chi connectivity index (χ1n) is 8.36. The van der Waals surface area contributed by atoms with E-state index >= 15 is 0 Å². The molecule has 0 spiro atoms. The summed E-state index contributed by atoms with van der Waals surface area (Å²) >= 11 is 1.54. The van der Waals surface area contributed by atoms with Crippen LogP contribution in [0, 0.1) is 6.92 Å². The summed E-state index contributed by atoms with van der Waals surface area (Å²) in [5.41, 5.74) is 2.82. The van der Waals surface area contributed by atoms with Gasteiger partial charge in [-0.15, -0.1) is 11.3 Å². The first kappa shape index (κ1) is 15.9. The van der Waals surface area contributed by atoms with E-state index in [1.54, 1.807) is 4.57 Å². The van der Waals surface area contributed by atoms with E-state index in [0.29, 0.717) is 6.54 Å². The van der Waals surface area contributed by atoms with Gasteiger partial charge in [0.25, 0.3) is 0 Å². The molecular weight excluding hydrogens is 334 g/mol. The number of rotatable bonds is 5. The number of para-hydroxylation sites is 2. The predicted molar refractivity (Wildman–Crippen MR) is 100 cm³/mol. The number of hydrogen-bond acceptors (Lipinski definition) is 4. The van der Waals surface area contributed by atoms with Gasteiger partial charge in [0, 0.05) is 11.9 Å². The summed E-state index contributed by atoms with van der Waals surface area (Å²) < 4.78 is 9.29. The Bertz CT molecular complexity index is 1080. The molecule has 128 valence electrons. The summed E-state index contributed by atoms with van der Waals surface area (Å²) in [5, 5.41) is 2.83. The van der Waals surface area contributed by atoms with E-state index in [9.17, 15) is 4.79 Å². The summed E-state index contributed by atoms with van der Waals surface area (Å²) in [6, 6.07) is 11.8. The smallest absolute Gasteiger partial charge is 0.329 e. The molecule has 25 heavy (non-hydrogen) atoms. The number of aryl methyl sites for hydroxylation is 2. The van der Waals surface area contributed by atoms with Crippen LogP contribution < -0.4 is 5.69 Å². The summed E-state index contributed by atoms with van der Waals surface area (Å²) in [7, 11) is 0. The minimum absolute atomic E-state index is 0.0199. The molecule has 0 bridgehead atoms. The second-order valence-electron chi connectivity index (χ2n) is 6.06. The second-order valence-corrected chi connectivity index (χ2v) is 6.92. The molecule has 0 atom stereocenters. The molecule has 0 unspecified atom stereocenters. The van der Waals surface area contributed by atoms with Crippen molar-refractivity contribution in [3.05, 3.63) is 63.7 Å². The minimum atomic E-state index is 0.0199. The highest BCUT2D eigenvalue weighted by atomic mass is 32.1. The van der Waals surface area contributed by atoms with E-state index in [4.69, 9.17) is 4.42 Å². The first-order valence-corrected chi connectivity index (χ1v) is 9.24. The molecular formula is C19H19N3O2S. The van der Waals surface area contributed by atoms with Crippen LogP contribution in [0.4, 0.5) is 0 Å². The maximum Gasteiger partial charge on any atom is 0.329 e. The van der Waals surface area contributed by atoms with E-state index < -0.39 is 0 Å². The molecule has 0 saturated carbocycles. The molecule has 0 aliphatic carbocycles. The SMILES string of the molecule is CCCn1c(=O)n(Cc2csc(-c3ccc(C)o3)n2)c2ccccc21. The van der Waals surface area contributed by atoms with Gasteiger partial charge in [-0.1, -0.05) is 19.1 Å². The lowest BCUT2D eigenvalue weighted by Crippen LogP contribution is -2.24. The van der Waals surface area contributed by atoms with E-state index in [1.165, 1.54) is 11.3 Å². The van der Waals surface area contributed by atoms with Crippen LogP contribution in [0.2, 0.25) is 0 Å². The Balaban J connectivity index is 1.73. The van der Waals surface area contributed by atoms with Crippen LogP contribution >= 0.6 is 11.3 Å². The lowest BCUT2D eigenvalue weighted by atomic mass is 10.3. The Labute approximate surface area is 149 Å². The zero-order valence-corrected chi connectivity index (χ0v) is 15.0. The third kappa shape index (κ3) is 2.82. The monoisotopic (exact) mass is 353 g/mol. The lowest BCUT2D eigenvalue weighted by Gasteiger charge is -2.00. The zero-order valence-electron chi connectivity index (χ0n) is 14.2. The van der Waals surface area contributed by atoms with E-state index in [-0.39, 0.29) is 5.69 Å². The maximum absolute atomic E-state index is 12.8. The van der Waals surface area contributed by atoms with Crippen LogP contribution in [0.3, 0.4) is 0 Å². The van der Waals surface area contributed by atoms with Crippen molar-refractivity contribution < 1.29 is 4.42 Å². The number of hydrogen-bond donors (Lipinski definition) is 0. The van der Waals surface area contributed by atoms with Crippen LogP contribution in [0.15, 0.2) is 51.0 Å². The second kappa shape index (κ2) is 6.37. The van der Waals surface area contributed by atoms with Gasteiger partial charge in [0.15, 0.2) is 10.8 Å². The van der Waals surface area contributed by atoms with Gasteiger partial charge in [-0.05, 0) is 37.6 Å². The quantitative estimate of drug-likeness (QED) is 0.538. The predicted octanol–water partition coefficient (Wildman–Crippen LogP) is 4.29. The molecule has 5 nitrogen and oxygen atoms in total. The number of imidazole rings is 1. The Hall–Kier alpha value is -2.60. The van der Waals surface area contributed by atoms with Crippen LogP contribution in [0.25, 0.3) is 21.8 Å². The summed E-state index contributed by atoms with van der Waals surface area (Å²) in [6.45, 7) is 5.18. The Morgan fingerprint density at radius 3 is 2.56 bits per heavy atom. The van der Waals surface area contributed by atoms with Crippen molar-refractivity contribution in [2.45, 2.75) is 33.4 Å². The van der Waals surface area contributed by atoms with Crippen molar-refractivity contribution in [2.24, 2.45) is 0 Å². The normalized spacial score (nSPS) is 11.4. The van der Waals surface area contributed by atoms with Gasteiger partial charge >= 0.3 is 5.69 Å². The van der Waals surface area contributed by atoms with Crippen molar-refractivity contribution >= 4 is 22.4 Å². The molecule has 3 aromatic heterocycles. The van der Waals surface area contributed by atoms with Crippen LogP contribution in [0.1, 0.15) is 24.8 Å². The van der Waals surface area contributed by atoms with Gasteiger partial charge < -0.3 is 4.42 Å². The number of fused-ring (bicyclic) bond motifs is 1. The molecule has 4 aromatic rings. The topological polar surface area (TPSA) is 53.0 Å². The highest BCUT2D eigenvalue weighted by molar-refractivity contribution is 7.13. The fourth-order valence-electron chi connectivity index (χ4n) is 3.07. The number of nitrogens with zero attached hydrogens (tertiary/aromatic N) is 3. The standard InChI is InChI=1S/C19H19N3O2S/c1-3-10-21-15-6-4-5-7-16(15)22(19(21)23)11-14-12-25-18(20-14)17-9-8-13(2)24-17/h4-9,12H,3,10-11H2,1-2H3. The Morgan fingerprint density at radius 2 is 1.88 bits per heavy atom. The first-order chi connectivity index (χ1) is 12.2. The van der Waals surface area contributed by atoms with Crippen molar-refractivity contribution in [2.75, 3.05) is 0 Å². The molecule has 0 radical (unpaired) electrons. The molecule has 4 rings (SSSR count). The summed E-state index contributed by atoms with van der Waals surface area (Å²) in [6.07, 6.45) is 0.923. The fraction of sp³-hybridized carbons (Fsp3) is 0.263.